The normalized spacial score (nSPS) is 18.2. The molecular weight excluding hydrogens is 508 g/mol. The second-order valence-corrected chi connectivity index (χ2v) is 9.64. The fourth-order valence-corrected chi connectivity index (χ4v) is 4.64. The largest absolute Gasteiger partial charge is 0.474 e. The SMILES string of the molecule is CC[C@H](O)COc1nn(-c2ccccc2)c(NC(=O)N[C@@H]2CN(CCOC)C[C@H]2c2ccc(F)c(F)c2)c1C. The number of nitrogens with zero attached hydrogens (tertiary/aromatic N) is 3. The Morgan fingerprint density at radius 3 is 2.64 bits per heavy atom. The van der Waals surface area contributed by atoms with Gasteiger partial charge in [-0.05, 0) is 43.2 Å². The van der Waals surface area contributed by atoms with Gasteiger partial charge in [0.15, 0.2) is 11.6 Å². The summed E-state index contributed by atoms with van der Waals surface area (Å²) in [7, 11) is 1.62. The molecule has 9 nitrogen and oxygen atoms in total. The van der Waals surface area contributed by atoms with Crippen LogP contribution in [0.4, 0.5) is 19.4 Å². The predicted octanol–water partition coefficient (Wildman–Crippen LogP) is 3.84. The monoisotopic (exact) mass is 543 g/mol. The molecule has 1 aliphatic heterocycles. The first-order valence-corrected chi connectivity index (χ1v) is 13.0. The Kier molecular flexibility index (Phi) is 9.50. The molecule has 1 aromatic heterocycles. The predicted molar refractivity (Wildman–Crippen MR) is 143 cm³/mol. The maximum absolute atomic E-state index is 14.1. The number of carbonyl (C=O) groups is 1. The van der Waals surface area contributed by atoms with E-state index in [1.165, 1.54) is 6.07 Å². The molecule has 2 amide bonds. The van der Waals surface area contributed by atoms with Gasteiger partial charge in [-0.3, -0.25) is 10.2 Å². The Morgan fingerprint density at radius 2 is 1.95 bits per heavy atom. The van der Waals surface area contributed by atoms with Crippen LogP contribution in [-0.4, -0.2) is 77.9 Å². The van der Waals surface area contributed by atoms with Crippen molar-refractivity contribution in [1.29, 1.82) is 0 Å². The van der Waals surface area contributed by atoms with E-state index < -0.39 is 23.8 Å². The number of carbonyl (C=O) groups excluding carboxylic acids is 1. The van der Waals surface area contributed by atoms with Gasteiger partial charge in [-0.1, -0.05) is 31.2 Å². The van der Waals surface area contributed by atoms with Gasteiger partial charge in [-0.15, -0.1) is 5.10 Å². The molecule has 39 heavy (non-hydrogen) atoms. The van der Waals surface area contributed by atoms with E-state index >= 15 is 0 Å². The van der Waals surface area contributed by atoms with Crippen LogP contribution in [0.25, 0.3) is 5.69 Å². The second kappa shape index (κ2) is 13.0. The van der Waals surface area contributed by atoms with Crippen LogP contribution in [-0.2, 0) is 4.74 Å². The Morgan fingerprint density at radius 1 is 1.18 bits per heavy atom. The van der Waals surface area contributed by atoms with Crippen LogP contribution in [0.2, 0.25) is 0 Å². The minimum absolute atomic E-state index is 0.0735. The molecule has 210 valence electrons. The van der Waals surface area contributed by atoms with E-state index in [1.54, 1.807) is 24.8 Å². The van der Waals surface area contributed by atoms with Gasteiger partial charge in [0.05, 0.1) is 30.0 Å². The number of benzene rings is 2. The maximum Gasteiger partial charge on any atom is 0.320 e. The molecule has 0 bridgehead atoms. The molecule has 4 rings (SSSR count). The van der Waals surface area contributed by atoms with Crippen LogP contribution in [0, 0.1) is 18.6 Å². The third-order valence-corrected chi connectivity index (χ3v) is 6.89. The third kappa shape index (κ3) is 6.92. The third-order valence-electron chi connectivity index (χ3n) is 6.89. The molecule has 1 aliphatic rings. The molecule has 11 heteroatoms. The zero-order valence-corrected chi connectivity index (χ0v) is 22.4. The number of aromatic nitrogens is 2. The molecule has 0 radical (unpaired) electrons. The highest BCUT2D eigenvalue weighted by Crippen LogP contribution is 2.31. The van der Waals surface area contributed by atoms with E-state index in [0.717, 1.165) is 6.07 Å². The summed E-state index contributed by atoms with van der Waals surface area (Å²) >= 11 is 0. The van der Waals surface area contributed by atoms with Crippen LogP contribution in [0.3, 0.4) is 0 Å². The number of aliphatic hydroxyl groups excluding tert-OH is 1. The molecule has 0 spiro atoms. The zero-order chi connectivity index (χ0) is 27.9. The van der Waals surface area contributed by atoms with Crippen molar-refractivity contribution in [2.75, 3.05) is 45.3 Å². The Balaban J connectivity index is 1.56. The quantitative estimate of drug-likeness (QED) is 0.340. The number of urea groups is 1. The van der Waals surface area contributed by atoms with Gasteiger partial charge in [0.1, 0.15) is 12.4 Å². The highest BCUT2D eigenvalue weighted by atomic mass is 19.2. The van der Waals surface area contributed by atoms with Crippen molar-refractivity contribution in [2.24, 2.45) is 0 Å². The number of para-hydroxylation sites is 1. The first kappa shape index (κ1) is 28.5. The Hall–Kier alpha value is -3.54. The lowest BCUT2D eigenvalue weighted by atomic mass is 9.94. The number of anilines is 1. The molecule has 1 fully saturated rings. The molecule has 0 saturated carbocycles. The number of hydrogen-bond donors (Lipinski definition) is 3. The van der Waals surface area contributed by atoms with Crippen molar-refractivity contribution in [1.82, 2.24) is 20.0 Å². The molecule has 1 saturated heterocycles. The molecule has 3 N–H and O–H groups in total. The van der Waals surface area contributed by atoms with Gasteiger partial charge in [0.25, 0.3) is 0 Å². The smallest absolute Gasteiger partial charge is 0.320 e. The van der Waals surface area contributed by atoms with Crippen LogP contribution in [0.5, 0.6) is 5.88 Å². The maximum atomic E-state index is 14.1. The summed E-state index contributed by atoms with van der Waals surface area (Å²) < 4.78 is 40.2. The van der Waals surface area contributed by atoms with Crippen molar-refractivity contribution in [2.45, 2.75) is 38.3 Å². The summed E-state index contributed by atoms with van der Waals surface area (Å²) in [5, 5.41) is 20.4. The van der Waals surface area contributed by atoms with Crippen LogP contribution >= 0.6 is 0 Å². The molecular formula is C28H35F2N5O4. The topological polar surface area (TPSA) is 101 Å². The van der Waals surface area contributed by atoms with E-state index in [2.05, 4.69) is 20.6 Å². The van der Waals surface area contributed by atoms with E-state index in [1.807, 2.05) is 37.3 Å². The summed E-state index contributed by atoms with van der Waals surface area (Å²) in [6, 6.07) is 12.3. The fraction of sp³-hybridized carbons (Fsp3) is 0.429. The first-order chi connectivity index (χ1) is 18.8. The van der Waals surface area contributed by atoms with Gasteiger partial charge < -0.3 is 19.9 Å². The molecule has 0 unspecified atom stereocenters. The van der Waals surface area contributed by atoms with E-state index in [9.17, 15) is 18.7 Å². The molecule has 2 heterocycles. The average molecular weight is 544 g/mol. The Labute approximate surface area is 226 Å². The summed E-state index contributed by atoms with van der Waals surface area (Å²) in [5.41, 5.74) is 1.92. The summed E-state index contributed by atoms with van der Waals surface area (Å²) in [5.74, 6) is -1.37. The molecule has 2 aromatic carbocycles. The number of methoxy groups -OCH3 is 1. The van der Waals surface area contributed by atoms with Crippen molar-refractivity contribution in [3.8, 4) is 11.6 Å². The second-order valence-electron chi connectivity index (χ2n) is 9.64. The number of amides is 2. The van der Waals surface area contributed by atoms with Crippen molar-refractivity contribution in [3.05, 3.63) is 71.3 Å². The number of nitrogens with one attached hydrogen (secondary N) is 2. The lowest BCUT2D eigenvalue weighted by molar-refractivity contribution is 0.101. The van der Waals surface area contributed by atoms with Crippen LogP contribution < -0.4 is 15.4 Å². The highest BCUT2D eigenvalue weighted by Gasteiger charge is 2.35. The highest BCUT2D eigenvalue weighted by molar-refractivity contribution is 5.90. The van der Waals surface area contributed by atoms with Gasteiger partial charge in [0, 0.05) is 32.7 Å². The van der Waals surface area contributed by atoms with Gasteiger partial charge in [0.2, 0.25) is 5.88 Å². The van der Waals surface area contributed by atoms with Crippen molar-refractivity contribution in [3.63, 3.8) is 0 Å². The van der Waals surface area contributed by atoms with E-state index in [0.29, 0.717) is 61.2 Å². The first-order valence-electron chi connectivity index (χ1n) is 13.0. The molecule has 0 aliphatic carbocycles. The van der Waals surface area contributed by atoms with E-state index in [4.69, 9.17) is 9.47 Å². The van der Waals surface area contributed by atoms with Gasteiger partial charge in [-0.2, -0.15) is 0 Å². The minimum atomic E-state index is -0.922. The van der Waals surface area contributed by atoms with Crippen LogP contribution in [0.15, 0.2) is 48.5 Å². The number of ether oxygens (including phenoxy) is 2. The minimum Gasteiger partial charge on any atom is -0.474 e. The number of hydrogen-bond acceptors (Lipinski definition) is 6. The fourth-order valence-electron chi connectivity index (χ4n) is 4.64. The van der Waals surface area contributed by atoms with E-state index in [-0.39, 0.29) is 18.6 Å². The zero-order valence-electron chi connectivity index (χ0n) is 22.4. The summed E-state index contributed by atoms with van der Waals surface area (Å²) in [6.07, 6.45) is -0.101. The van der Waals surface area contributed by atoms with Crippen molar-refractivity contribution >= 4 is 11.8 Å². The molecule has 3 atom stereocenters. The number of likely N-dealkylation sites (tertiary alicyclic amines) is 1. The molecule has 3 aromatic rings. The average Bonchev–Trinajstić information content (AvgIpc) is 3.48. The van der Waals surface area contributed by atoms with Gasteiger partial charge >= 0.3 is 6.03 Å². The van der Waals surface area contributed by atoms with Crippen molar-refractivity contribution < 1.29 is 28.2 Å². The lowest BCUT2D eigenvalue weighted by Crippen LogP contribution is -2.42. The number of halogens is 2. The number of aliphatic hydroxyl groups is 1. The summed E-state index contributed by atoms with van der Waals surface area (Å²) in [4.78, 5) is 15.4. The van der Waals surface area contributed by atoms with Gasteiger partial charge in [-0.25, -0.2) is 18.3 Å². The lowest BCUT2D eigenvalue weighted by Gasteiger charge is -2.21. The Bertz CT molecular complexity index is 1260. The number of rotatable bonds is 11. The standard InChI is InChI=1S/C28H35F2N5O4/c1-4-21(36)17-39-27-18(2)26(35(33-27)20-8-6-5-7-9-20)32-28(37)31-25-16-34(12-13-38-3)15-22(25)19-10-11-23(29)24(30)14-19/h5-11,14,21-22,25,36H,4,12-13,15-17H2,1-3H3,(H2,31,32,37)/t21-,22-,25+/m0/s1. The summed E-state index contributed by atoms with van der Waals surface area (Å²) in [6.45, 7) is 5.92. The van der Waals surface area contributed by atoms with Crippen LogP contribution in [0.1, 0.15) is 30.4 Å².